The second kappa shape index (κ2) is 5.19. The van der Waals surface area contributed by atoms with Crippen LogP contribution in [0.3, 0.4) is 0 Å². The van der Waals surface area contributed by atoms with Gasteiger partial charge in [0.2, 0.25) is 0 Å². The Morgan fingerprint density at radius 3 is 2.93 bits per heavy atom. The van der Waals surface area contributed by atoms with Gasteiger partial charge in [0.05, 0.1) is 6.54 Å². The molecule has 0 atom stereocenters. The van der Waals surface area contributed by atoms with E-state index < -0.39 is 0 Å². The average molecular weight is 236 g/mol. The fraction of sp³-hybridized carbons (Fsp3) is 0.182. The summed E-state index contributed by atoms with van der Waals surface area (Å²) in [7, 11) is 0. The number of nitrogens with zero attached hydrogens (tertiary/aromatic N) is 1. The number of anilines is 1. The molecular weight excluding hydrogens is 224 g/mol. The monoisotopic (exact) mass is 236 g/mol. The zero-order valence-electron chi connectivity index (χ0n) is 8.43. The molecule has 2 aromatic rings. The van der Waals surface area contributed by atoms with Crippen LogP contribution in [0.5, 0.6) is 0 Å². The lowest BCUT2D eigenvalue weighted by molar-refractivity contribution is 1.12. The minimum Gasteiger partial charge on any atom is -0.365 e. The molecule has 0 spiro atoms. The van der Waals surface area contributed by atoms with Crippen LogP contribution in [0.4, 0.5) is 5.82 Å². The summed E-state index contributed by atoms with van der Waals surface area (Å²) in [5, 5.41) is 5.37. The number of thiophene rings is 1. The Hall–Kier alpha value is -1.00. The number of hydrogen-bond acceptors (Lipinski definition) is 4. The van der Waals surface area contributed by atoms with Crippen LogP contribution in [0.2, 0.25) is 0 Å². The molecule has 0 amide bonds. The predicted molar refractivity (Wildman–Crippen MR) is 67.7 cm³/mol. The minimum atomic E-state index is 0.850. The predicted octanol–water partition coefficient (Wildman–Crippen LogP) is 3.48. The van der Waals surface area contributed by atoms with Crippen LogP contribution in [0.1, 0.15) is 4.88 Å². The van der Waals surface area contributed by atoms with Crippen molar-refractivity contribution in [1.82, 2.24) is 4.98 Å². The van der Waals surface area contributed by atoms with Gasteiger partial charge in [0.15, 0.2) is 0 Å². The molecule has 78 valence electrons. The van der Waals surface area contributed by atoms with Crippen LogP contribution in [0.25, 0.3) is 0 Å². The number of thioether (sulfide) groups is 1. The minimum absolute atomic E-state index is 0.850. The molecule has 0 radical (unpaired) electrons. The summed E-state index contributed by atoms with van der Waals surface area (Å²) in [6, 6.07) is 8.27. The van der Waals surface area contributed by atoms with Crippen molar-refractivity contribution in [2.24, 2.45) is 0 Å². The number of pyridine rings is 1. The molecule has 1 N–H and O–H groups in total. The maximum atomic E-state index is 4.32. The molecule has 0 unspecified atom stereocenters. The average Bonchev–Trinajstić information content (AvgIpc) is 2.80. The molecule has 0 saturated carbocycles. The van der Waals surface area contributed by atoms with Gasteiger partial charge in [0.1, 0.15) is 5.82 Å². The van der Waals surface area contributed by atoms with Crippen molar-refractivity contribution in [2.75, 3.05) is 11.6 Å². The first-order valence-electron chi connectivity index (χ1n) is 4.65. The molecule has 0 fully saturated rings. The molecule has 2 heterocycles. The van der Waals surface area contributed by atoms with Crippen molar-refractivity contribution >= 4 is 28.9 Å². The van der Waals surface area contributed by atoms with Gasteiger partial charge in [-0.15, -0.1) is 23.1 Å². The fourth-order valence-electron chi connectivity index (χ4n) is 1.20. The van der Waals surface area contributed by atoms with Gasteiger partial charge in [0.25, 0.3) is 0 Å². The molecule has 0 aromatic carbocycles. The van der Waals surface area contributed by atoms with Crippen molar-refractivity contribution in [3.63, 3.8) is 0 Å². The largest absolute Gasteiger partial charge is 0.365 e. The first-order chi connectivity index (χ1) is 7.38. The van der Waals surface area contributed by atoms with Crippen LogP contribution in [0, 0.1) is 0 Å². The Bertz CT molecular complexity index is 395. The van der Waals surface area contributed by atoms with Crippen LogP contribution >= 0.6 is 23.1 Å². The van der Waals surface area contributed by atoms with Gasteiger partial charge in [-0.3, -0.25) is 0 Å². The highest BCUT2D eigenvalue weighted by Gasteiger charge is 1.96. The molecule has 2 aromatic heterocycles. The van der Waals surface area contributed by atoms with Crippen molar-refractivity contribution in [2.45, 2.75) is 11.4 Å². The second-order valence-corrected chi connectivity index (χ2v) is 4.93. The Morgan fingerprint density at radius 1 is 1.40 bits per heavy atom. The molecule has 15 heavy (non-hydrogen) atoms. The highest BCUT2D eigenvalue weighted by atomic mass is 32.2. The summed E-state index contributed by atoms with van der Waals surface area (Å²) in [6.45, 7) is 0.850. The number of rotatable bonds is 4. The molecule has 0 aliphatic rings. The smallest absolute Gasteiger partial charge is 0.126 e. The summed E-state index contributed by atoms with van der Waals surface area (Å²) >= 11 is 3.46. The normalized spacial score (nSPS) is 10.2. The van der Waals surface area contributed by atoms with E-state index in [0.717, 1.165) is 12.4 Å². The maximum absolute atomic E-state index is 4.32. The van der Waals surface area contributed by atoms with E-state index >= 15 is 0 Å². The number of nitrogens with one attached hydrogen (secondary N) is 1. The Morgan fingerprint density at radius 2 is 2.33 bits per heavy atom. The van der Waals surface area contributed by atoms with E-state index in [1.165, 1.54) is 9.77 Å². The highest BCUT2D eigenvalue weighted by Crippen LogP contribution is 2.16. The third-order valence-corrected chi connectivity index (χ3v) is 3.59. The number of hydrogen-bond donors (Lipinski definition) is 1. The van der Waals surface area contributed by atoms with E-state index in [2.05, 4.69) is 40.1 Å². The van der Waals surface area contributed by atoms with Gasteiger partial charge in [-0.25, -0.2) is 4.98 Å². The molecular formula is C11H12N2S2. The van der Waals surface area contributed by atoms with Crippen molar-refractivity contribution < 1.29 is 0 Å². The van der Waals surface area contributed by atoms with E-state index in [1.54, 1.807) is 23.1 Å². The maximum Gasteiger partial charge on any atom is 0.126 e. The highest BCUT2D eigenvalue weighted by molar-refractivity contribution is 7.98. The van der Waals surface area contributed by atoms with Crippen molar-refractivity contribution in [3.05, 3.63) is 40.7 Å². The SMILES string of the molecule is CSc1ccc(NCc2cccs2)nc1. The van der Waals surface area contributed by atoms with Gasteiger partial charge in [0, 0.05) is 16.0 Å². The topological polar surface area (TPSA) is 24.9 Å². The zero-order valence-corrected chi connectivity index (χ0v) is 10.1. The first kappa shape index (κ1) is 10.5. The van der Waals surface area contributed by atoms with Gasteiger partial charge in [-0.05, 0) is 29.8 Å². The summed E-state index contributed by atoms with van der Waals surface area (Å²) in [4.78, 5) is 6.84. The molecule has 0 bridgehead atoms. The van der Waals surface area contributed by atoms with Crippen LogP contribution in [-0.2, 0) is 6.54 Å². The lowest BCUT2D eigenvalue weighted by atomic mass is 10.4. The van der Waals surface area contributed by atoms with Gasteiger partial charge >= 0.3 is 0 Å². The summed E-state index contributed by atoms with van der Waals surface area (Å²) < 4.78 is 0. The van der Waals surface area contributed by atoms with Crippen LogP contribution < -0.4 is 5.32 Å². The first-order valence-corrected chi connectivity index (χ1v) is 6.75. The Kier molecular flexibility index (Phi) is 3.64. The molecule has 4 heteroatoms. The van der Waals surface area contributed by atoms with E-state index in [4.69, 9.17) is 0 Å². The van der Waals surface area contributed by atoms with E-state index in [1.807, 2.05) is 12.3 Å². The standard InChI is InChI=1S/C11H12N2S2/c1-14-9-4-5-11(12-7-9)13-8-10-3-2-6-15-10/h2-7H,8H2,1H3,(H,12,13). The quantitative estimate of drug-likeness (QED) is 0.823. The van der Waals surface area contributed by atoms with Gasteiger partial charge < -0.3 is 5.32 Å². The zero-order chi connectivity index (χ0) is 10.5. The third kappa shape index (κ3) is 2.97. The molecule has 2 nitrogen and oxygen atoms in total. The third-order valence-electron chi connectivity index (χ3n) is 2.00. The number of aromatic nitrogens is 1. The van der Waals surface area contributed by atoms with Crippen molar-refractivity contribution in [1.29, 1.82) is 0 Å². The van der Waals surface area contributed by atoms with Crippen LogP contribution in [-0.4, -0.2) is 11.2 Å². The molecule has 0 aliphatic carbocycles. The molecule has 2 rings (SSSR count). The Balaban J connectivity index is 1.93. The summed E-state index contributed by atoms with van der Waals surface area (Å²) in [5.41, 5.74) is 0. The van der Waals surface area contributed by atoms with Gasteiger partial charge in [-0.1, -0.05) is 6.07 Å². The molecule has 0 saturated heterocycles. The van der Waals surface area contributed by atoms with Crippen LogP contribution in [0.15, 0.2) is 40.7 Å². The van der Waals surface area contributed by atoms with E-state index in [-0.39, 0.29) is 0 Å². The summed E-state index contributed by atoms with van der Waals surface area (Å²) in [5.74, 6) is 0.932. The van der Waals surface area contributed by atoms with E-state index in [0.29, 0.717) is 0 Å². The van der Waals surface area contributed by atoms with Crippen molar-refractivity contribution in [3.8, 4) is 0 Å². The lowest BCUT2D eigenvalue weighted by Gasteiger charge is -2.03. The fourth-order valence-corrected chi connectivity index (χ4v) is 2.20. The Labute approximate surface area is 97.8 Å². The lowest BCUT2D eigenvalue weighted by Crippen LogP contribution is -1.98. The van der Waals surface area contributed by atoms with Gasteiger partial charge in [-0.2, -0.15) is 0 Å². The van der Waals surface area contributed by atoms with E-state index in [9.17, 15) is 0 Å². The summed E-state index contributed by atoms with van der Waals surface area (Å²) in [6.07, 6.45) is 3.94. The second-order valence-electron chi connectivity index (χ2n) is 3.02. The molecule has 0 aliphatic heterocycles.